The first-order chi connectivity index (χ1) is 10.8. The van der Waals surface area contributed by atoms with Gasteiger partial charge in [-0.3, -0.25) is 0 Å². The Bertz CT molecular complexity index is 793. The summed E-state index contributed by atoms with van der Waals surface area (Å²) in [5.41, 5.74) is 3.88. The van der Waals surface area contributed by atoms with Crippen molar-refractivity contribution in [2.24, 2.45) is 0 Å². The summed E-state index contributed by atoms with van der Waals surface area (Å²) >= 11 is 0. The van der Waals surface area contributed by atoms with E-state index in [1.165, 1.54) is 16.7 Å². The first kappa shape index (κ1) is 13.1. The molecular weight excluding hydrogens is 272 g/mol. The fraction of sp³-hybridized carbons (Fsp3) is 0.211. The van der Waals surface area contributed by atoms with Gasteiger partial charge in [-0.15, -0.1) is 0 Å². The highest BCUT2D eigenvalue weighted by molar-refractivity contribution is 5.47. The van der Waals surface area contributed by atoms with Crippen LogP contribution in [0.2, 0.25) is 0 Å². The van der Waals surface area contributed by atoms with Crippen LogP contribution in [0.1, 0.15) is 29.2 Å². The van der Waals surface area contributed by atoms with Crippen LogP contribution in [0.25, 0.3) is 0 Å². The quantitative estimate of drug-likeness (QED) is 0.709. The average Bonchev–Trinajstić information content (AvgIpc) is 3.16. The second-order valence-electron chi connectivity index (χ2n) is 5.81. The minimum absolute atomic E-state index is 0.374. The lowest BCUT2D eigenvalue weighted by molar-refractivity contribution is 0.476. The number of aryl methyl sites for hydroxylation is 1. The maximum Gasteiger partial charge on any atom is 0.130 e. The second kappa shape index (κ2) is 5.34. The molecule has 1 aliphatic rings. The Labute approximate surface area is 130 Å². The van der Waals surface area contributed by atoms with Gasteiger partial charge < -0.3 is 9.30 Å². The predicted octanol–water partition coefficient (Wildman–Crippen LogP) is 4.52. The van der Waals surface area contributed by atoms with Gasteiger partial charge in [-0.25, -0.2) is 4.98 Å². The van der Waals surface area contributed by atoms with Crippen LogP contribution in [0.15, 0.2) is 61.2 Å². The molecule has 110 valence electrons. The molecule has 0 radical (unpaired) electrons. The van der Waals surface area contributed by atoms with E-state index in [0.717, 1.165) is 24.3 Å². The molecule has 1 unspecified atom stereocenters. The van der Waals surface area contributed by atoms with Crippen LogP contribution in [0.5, 0.6) is 11.5 Å². The summed E-state index contributed by atoms with van der Waals surface area (Å²) in [6.45, 7) is 2.08. The van der Waals surface area contributed by atoms with Gasteiger partial charge in [-0.05, 0) is 49.1 Å². The van der Waals surface area contributed by atoms with Crippen LogP contribution in [-0.2, 0) is 6.42 Å². The third-order valence-corrected chi connectivity index (χ3v) is 4.30. The van der Waals surface area contributed by atoms with E-state index in [4.69, 9.17) is 4.74 Å². The molecule has 3 heteroatoms. The predicted molar refractivity (Wildman–Crippen MR) is 86.4 cm³/mol. The first-order valence-corrected chi connectivity index (χ1v) is 7.65. The molecule has 1 atom stereocenters. The Morgan fingerprint density at radius 3 is 2.91 bits per heavy atom. The highest BCUT2D eigenvalue weighted by Gasteiger charge is 2.26. The van der Waals surface area contributed by atoms with Gasteiger partial charge in [-0.1, -0.05) is 24.3 Å². The molecule has 1 heterocycles. The van der Waals surface area contributed by atoms with E-state index in [0.29, 0.717) is 6.04 Å². The van der Waals surface area contributed by atoms with Crippen molar-refractivity contribution in [2.75, 3.05) is 0 Å². The lowest BCUT2D eigenvalue weighted by atomic mass is 10.1. The molecule has 0 saturated carbocycles. The van der Waals surface area contributed by atoms with E-state index < -0.39 is 0 Å². The zero-order valence-electron chi connectivity index (χ0n) is 12.6. The summed E-state index contributed by atoms with van der Waals surface area (Å²) in [6, 6.07) is 14.9. The van der Waals surface area contributed by atoms with Crippen LogP contribution in [-0.4, -0.2) is 9.55 Å². The van der Waals surface area contributed by atoms with Crippen molar-refractivity contribution in [1.82, 2.24) is 9.55 Å². The fourth-order valence-corrected chi connectivity index (χ4v) is 3.26. The summed E-state index contributed by atoms with van der Waals surface area (Å²) in [4.78, 5) is 4.17. The van der Waals surface area contributed by atoms with Crippen molar-refractivity contribution in [1.29, 1.82) is 0 Å². The minimum Gasteiger partial charge on any atom is -0.457 e. The summed E-state index contributed by atoms with van der Waals surface area (Å²) in [6.07, 6.45) is 7.91. The first-order valence-electron chi connectivity index (χ1n) is 7.65. The number of hydrogen-bond donors (Lipinski definition) is 0. The van der Waals surface area contributed by atoms with Crippen LogP contribution in [0.3, 0.4) is 0 Å². The molecule has 0 fully saturated rings. The normalized spacial score (nSPS) is 16.5. The molecule has 2 aromatic carbocycles. The van der Waals surface area contributed by atoms with Gasteiger partial charge in [0, 0.05) is 18.0 Å². The third-order valence-electron chi connectivity index (χ3n) is 4.30. The average molecular weight is 290 g/mol. The molecule has 1 aliphatic carbocycles. The maximum absolute atomic E-state index is 6.14. The van der Waals surface area contributed by atoms with E-state index in [-0.39, 0.29) is 0 Å². The number of ether oxygens (including phenoxy) is 1. The summed E-state index contributed by atoms with van der Waals surface area (Å²) < 4.78 is 8.33. The van der Waals surface area contributed by atoms with Crippen LogP contribution >= 0.6 is 0 Å². The van der Waals surface area contributed by atoms with Gasteiger partial charge in [0.1, 0.15) is 11.5 Å². The second-order valence-corrected chi connectivity index (χ2v) is 5.81. The van der Waals surface area contributed by atoms with Crippen molar-refractivity contribution in [2.45, 2.75) is 25.8 Å². The highest BCUT2D eigenvalue weighted by atomic mass is 16.5. The van der Waals surface area contributed by atoms with Gasteiger partial charge in [0.05, 0.1) is 12.4 Å². The van der Waals surface area contributed by atoms with Crippen molar-refractivity contribution >= 4 is 0 Å². The zero-order valence-corrected chi connectivity index (χ0v) is 12.6. The minimum atomic E-state index is 0.374. The molecule has 0 spiro atoms. The molecule has 4 rings (SSSR count). The third kappa shape index (κ3) is 2.29. The zero-order chi connectivity index (χ0) is 14.9. The SMILES string of the molecule is Cc1cccc(Oc2cccc3c2CCC3n2ccnc2)c1. The van der Waals surface area contributed by atoms with Crippen molar-refractivity contribution in [3.05, 3.63) is 77.9 Å². The van der Waals surface area contributed by atoms with Gasteiger partial charge >= 0.3 is 0 Å². The van der Waals surface area contributed by atoms with E-state index >= 15 is 0 Å². The maximum atomic E-state index is 6.14. The summed E-state index contributed by atoms with van der Waals surface area (Å²) in [5.74, 6) is 1.88. The van der Waals surface area contributed by atoms with Crippen LogP contribution < -0.4 is 4.74 Å². The molecule has 3 nitrogen and oxygen atoms in total. The van der Waals surface area contributed by atoms with Crippen molar-refractivity contribution in [3.8, 4) is 11.5 Å². The largest absolute Gasteiger partial charge is 0.457 e. The van der Waals surface area contributed by atoms with Gasteiger partial charge in [0.15, 0.2) is 0 Å². The standard InChI is InChI=1S/C19H18N2O/c1-14-4-2-5-15(12-14)22-19-7-3-6-16-17(19)8-9-18(16)21-11-10-20-13-21/h2-7,10-13,18H,8-9H2,1H3. The fourth-order valence-electron chi connectivity index (χ4n) is 3.26. The molecule has 0 amide bonds. The number of imidazole rings is 1. The van der Waals surface area contributed by atoms with Gasteiger partial charge in [-0.2, -0.15) is 0 Å². The Morgan fingerprint density at radius 2 is 2.09 bits per heavy atom. The van der Waals surface area contributed by atoms with Crippen molar-refractivity contribution < 1.29 is 4.74 Å². The Balaban J connectivity index is 1.69. The lowest BCUT2D eigenvalue weighted by Crippen LogP contribution is -2.04. The van der Waals surface area contributed by atoms with E-state index in [1.807, 2.05) is 30.9 Å². The molecule has 22 heavy (non-hydrogen) atoms. The van der Waals surface area contributed by atoms with Gasteiger partial charge in [0.25, 0.3) is 0 Å². The number of nitrogens with zero attached hydrogens (tertiary/aromatic N) is 2. The van der Waals surface area contributed by atoms with Crippen LogP contribution in [0, 0.1) is 6.92 Å². The molecule has 0 aliphatic heterocycles. The summed E-state index contributed by atoms with van der Waals surface area (Å²) in [5, 5.41) is 0. The van der Waals surface area contributed by atoms with Crippen LogP contribution in [0.4, 0.5) is 0 Å². The molecular formula is C19H18N2O. The lowest BCUT2D eigenvalue weighted by Gasteiger charge is -2.14. The molecule has 0 bridgehead atoms. The molecule has 0 saturated heterocycles. The number of benzene rings is 2. The van der Waals surface area contributed by atoms with E-state index in [2.05, 4.69) is 46.8 Å². The highest BCUT2D eigenvalue weighted by Crippen LogP contribution is 2.40. The number of fused-ring (bicyclic) bond motifs is 1. The molecule has 3 aromatic rings. The Kier molecular flexibility index (Phi) is 3.19. The number of hydrogen-bond acceptors (Lipinski definition) is 2. The monoisotopic (exact) mass is 290 g/mol. The number of aromatic nitrogens is 2. The van der Waals surface area contributed by atoms with E-state index in [9.17, 15) is 0 Å². The number of rotatable bonds is 3. The van der Waals surface area contributed by atoms with E-state index in [1.54, 1.807) is 0 Å². The Morgan fingerprint density at radius 1 is 1.18 bits per heavy atom. The van der Waals surface area contributed by atoms with Crippen molar-refractivity contribution in [3.63, 3.8) is 0 Å². The van der Waals surface area contributed by atoms with Gasteiger partial charge in [0.2, 0.25) is 0 Å². The smallest absolute Gasteiger partial charge is 0.130 e. The Hall–Kier alpha value is -2.55. The molecule has 1 aromatic heterocycles. The topological polar surface area (TPSA) is 27.1 Å². The summed E-state index contributed by atoms with van der Waals surface area (Å²) in [7, 11) is 0. The molecule has 0 N–H and O–H groups in total.